The highest BCUT2D eigenvalue weighted by atomic mass is 32.1. The Hall–Kier alpha value is -2.48. The van der Waals surface area contributed by atoms with E-state index in [4.69, 9.17) is 9.15 Å². The fourth-order valence-electron chi connectivity index (χ4n) is 2.66. The van der Waals surface area contributed by atoms with E-state index in [1.165, 1.54) is 24.0 Å². The smallest absolute Gasteiger partial charge is 0.319 e. The molecule has 1 saturated carbocycles. The largest absolute Gasteiger partial charge is 0.463 e. The lowest BCUT2D eigenvalue weighted by Gasteiger charge is -2.12. The summed E-state index contributed by atoms with van der Waals surface area (Å²) in [7, 11) is 0. The summed E-state index contributed by atoms with van der Waals surface area (Å²) < 4.78 is 11.2. The molecule has 3 heterocycles. The number of rotatable bonds is 7. The Bertz CT molecular complexity index is 903. The lowest BCUT2D eigenvalue weighted by Crippen LogP contribution is -2.09. The Labute approximate surface area is 155 Å². The summed E-state index contributed by atoms with van der Waals surface area (Å²) in [6.07, 6.45) is 5.58. The molecular weight excluding hydrogens is 350 g/mol. The number of hydrogen-bond acceptors (Lipinski definition) is 8. The van der Waals surface area contributed by atoms with E-state index in [0.717, 1.165) is 22.1 Å². The van der Waals surface area contributed by atoms with Gasteiger partial charge in [-0.25, -0.2) is 9.97 Å². The van der Waals surface area contributed by atoms with E-state index in [2.05, 4.69) is 25.3 Å². The molecule has 7 nitrogen and oxygen atoms in total. The van der Waals surface area contributed by atoms with Gasteiger partial charge in [0.15, 0.2) is 0 Å². The van der Waals surface area contributed by atoms with E-state index in [-0.39, 0.29) is 0 Å². The van der Waals surface area contributed by atoms with Crippen LogP contribution in [0.2, 0.25) is 0 Å². The average molecular weight is 371 g/mol. The number of oxazole rings is 1. The fourth-order valence-corrected chi connectivity index (χ4v) is 3.54. The molecule has 0 spiro atoms. The van der Waals surface area contributed by atoms with Gasteiger partial charge in [-0.2, -0.15) is 9.97 Å². The molecule has 0 bridgehead atoms. The Morgan fingerprint density at radius 3 is 2.73 bits per heavy atom. The van der Waals surface area contributed by atoms with Crippen LogP contribution in [0, 0.1) is 26.7 Å². The molecule has 0 unspecified atom stereocenters. The third kappa shape index (κ3) is 3.70. The molecule has 26 heavy (non-hydrogen) atoms. The van der Waals surface area contributed by atoms with E-state index in [0.29, 0.717) is 36.7 Å². The maximum atomic E-state index is 5.80. The zero-order valence-corrected chi connectivity index (χ0v) is 15.9. The Morgan fingerprint density at radius 2 is 2.08 bits per heavy atom. The first-order valence-corrected chi connectivity index (χ1v) is 9.50. The Kier molecular flexibility index (Phi) is 4.58. The molecule has 0 saturated heterocycles. The standard InChI is InChI=1S/C18H21N5O2S/c1-10-15(17-19-6-7-24-17)22-18(25-9-13-4-5-13)23-16(10)20-8-14-11(2)21-12(3)26-14/h6-7,13H,4-5,8-9H2,1-3H3,(H,20,22,23). The monoisotopic (exact) mass is 371 g/mol. The van der Waals surface area contributed by atoms with E-state index >= 15 is 0 Å². The van der Waals surface area contributed by atoms with Gasteiger partial charge in [0, 0.05) is 10.4 Å². The molecule has 0 radical (unpaired) electrons. The molecule has 0 amide bonds. The number of anilines is 1. The lowest BCUT2D eigenvalue weighted by atomic mass is 10.2. The number of thiazole rings is 1. The molecule has 4 rings (SSSR count). The van der Waals surface area contributed by atoms with Crippen molar-refractivity contribution in [1.29, 1.82) is 0 Å². The normalized spacial score (nSPS) is 13.8. The van der Waals surface area contributed by atoms with Crippen molar-refractivity contribution in [3.63, 3.8) is 0 Å². The van der Waals surface area contributed by atoms with Gasteiger partial charge in [0.05, 0.1) is 30.1 Å². The van der Waals surface area contributed by atoms with Crippen LogP contribution in [-0.4, -0.2) is 26.5 Å². The highest BCUT2D eigenvalue weighted by Gasteiger charge is 2.23. The first-order valence-electron chi connectivity index (χ1n) is 8.68. The van der Waals surface area contributed by atoms with Crippen molar-refractivity contribution in [1.82, 2.24) is 19.9 Å². The number of nitrogens with zero attached hydrogens (tertiary/aromatic N) is 4. The van der Waals surface area contributed by atoms with Crippen LogP contribution in [0.25, 0.3) is 11.6 Å². The second-order valence-corrected chi connectivity index (χ2v) is 7.80. The van der Waals surface area contributed by atoms with Crippen LogP contribution < -0.4 is 10.1 Å². The van der Waals surface area contributed by atoms with Gasteiger partial charge in [0.1, 0.15) is 17.8 Å². The van der Waals surface area contributed by atoms with Crippen molar-refractivity contribution in [3.05, 3.63) is 33.6 Å². The van der Waals surface area contributed by atoms with E-state index < -0.39 is 0 Å². The zero-order valence-electron chi connectivity index (χ0n) is 15.1. The fraction of sp³-hybridized carbons (Fsp3) is 0.444. The highest BCUT2D eigenvalue weighted by molar-refractivity contribution is 7.11. The topological polar surface area (TPSA) is 86.0 Å². The van der Waals surface area contributed by atoms with Crippen molar-refractivity contribution in [2.24, 2.45) is 5.92 Å². The van der Waals surface area contributed by atoms with Crippen molar-refractivity contribution < 1.29 is 9.15 Å². The second kappa shape index (κ2) is 7.03. The summed E-state index contributed by atoms with van der Waals surface area (Å²) in [5.74, 6) is 1.82. The van der Waals surface area contributed by atoms with Crippen molar-refractivity contribution >= 4 is 17.2 Å². The summed E-state index contributed by atoms with van der Waals surface area (Å²) in [6.45, 7) is 7.30. The molecule has 136 valence electrons. The molecular formula is C18H21N5O2S. The summed E-state index contributed by atoms with van der Waals surface area (Å²) in [6, 6.07) is 0.357. The van der Waals surface area contributed by atoms with Crippen molar-refractivity contribution in [2.45, 2.75) is 40.2 Å². The first kappa shape index (κ1) is 17.0. The SMILES string of the molecule is Cc1nc(C)c(CNc2nc(OCC3CC3)nc(-c3ncco3)c2C)s1. The van der Waals surface area contributed by atoms with E-state index in [9.17, 15) is 0 Å². The predicted molar refractivity (Wildman–Crippen MR) is 99.4 cm³/mol. The Balaban J connectivity index is 1.61. The second-order valence-electron chi connectivity index (χ2n) is 6.52. The van der Waals surface area contributed by atoms with Gasteiger partial charge in [-0.15, -0.1) is 11.3 Å². The lowest BCUT2D eigenvalue weighted by molar-refractivity contribution is 0.276. The van der Waals surface area contributed by atoms with Gasteiger partial charge < -0.3 is 14.5 Å². The van der Waals surface area contributed by atoms with Crippen LogP contribution in [0.3, 0.4) is 0 Å². The van der Waals surface area contributed by atoms with Crippen LogP contribution in [0.4, 0.5) is 5.82 Å². The van der Waals surface area contributed by atoms with Gasteiger partial charge in [-0.3, -0.25) is 0 Å². The summed E-state index contributed by atoms with van der Waals surface area (Å²) >= 11 is 1.69. The summed E-state index contributed by atoms with van der Waals surface area (Å²) in [5.41, 5.74) is 2.57. The first-order chi connectivity index (χ1) is 12.6. The van der Waals surface area contributed by atoms with Crippen LogP contribution in [0.5, 0.6) is 6.01 Å². The molecule has 0 atom stereocenters. The van der Waals surface area contributed by atoms with Gasteiger partial charge in [-0.1, -0.05) is 0 Å². The average Bonchev–Trinajstić information content (AvgIpc) is 3.17. The van der Waals surface area contributed by atoms with Gasteiger partial charge in [0.25, 0.3) is 0 Å². The minimum absolute atomic E-state index is 0.357. The summed E-state index contributed by atoms with van der Waals surface area (Å²) in [4.78, 5) is 19.0. The van der Waals surface area contributed by atoms with E-state index in [1.807, 2.05) is 20.8 Å². The Morgan fingerprint density at radius 1 is 1.23 bits per heavy atom. The van der Waals surface area contributed by atoms with Crippen LogP contribution in [-0.2, 0) is 6.54 Å². The number of aryl methyl sites for hydroxylation is 2. The van der Waals surface area contributed by atoms with Crippen molar-refractivity contribution in [2.75, 3.05) is 11.9 Å². The maximum Gasteiger partial charge on any atom is 0.319 e. The highest BCUT2D eigenvalue weighted by Crippen LogP contribution is 2.31. The van der Waals surface area contributed by atoms with Gasteiger partial charge in [-0.05, 0) is 39.5 Å². The number of hydrogen-bond donors (Lipinski definition) is 1. The maximum absolute atomic E-state index is 5.80. The third-order valence-electron chi connectivity index (χ3n) is 4.32. The van der Waals surface area contributed by atoms with Crippen LogP contribution in [0.15, 0.2) is 16.9 Å². The number of ether oxygens (including phenoxy) is 1. The summed E-state index contributed by atoms with van der Waals surface area (Å²) in [5, 5.41) is 4.46. The molecule has 1 aliphatic rings. The quantitative estimate of drug-likeness (QED) is 0.674. The molecule has 1 N–H and O–H groups in total. The third-order valence-corrected chi connectivity index (χ3v) is 5.39. The molecule has 1 aliphatic carbocycles. The van der Waals surface area contributed by atoms with Crippen LogP contribution in [0.1, 0.15) is 34.0 Å². The number of aromatic nitrogens is 4. The van der Waals surface area contributed by atoms with Crippen molar-refractivity contribution in [3.8, 4) is 17.6 Å². The van der Waals surface area contributed by atoms with E-state index in [1.54, 1.807) is 17.5 Å². The van der Waals surface area contributed by atoms with Gasteiger partial charge >= 0.3 is 6.01 Å². The molecule has 3 aromatic rings. The molecule has 1 fully saturated rings. The molecule has 3 aromatic heterocycles. The molecule has 0 aliphatic heterocycles. The zero-order chi connectivity index (χ0) is 18.1. The minimum atomic E-state index is 0.357. The number of nitrogens with one attached hydrogen (secondary N) is 1. The minimum Gasteiger partial charge on any atom is -0.463 e. The molecule has 8 heteroatoms. The van der Waals surface area contributed by atoms with Gasteiger partial charge in [0.2, 0.25) is 5.89 Å². The predicted octanol–water partition coefficient (Wildman–Crippen LogP) is 3.91. The molecule has 0 aromatic carbocycles. The van der Waals surface area contributed by atoms with Crippen LogP contribution >= 0.6 is 11.3 Å².